The van der Waals surface area contributed by atoms with Gasteiger partial charge in [0.05, 0.1) is 18.8 Å². The Balaban J connectivity index is 1.67. The number of benzene rings is 1. The van der Waals surface area contributed by atoms with E-state index in [1.165, 1.54) is 0 Å². The van der Waals surface area contributed by atoms with Gasteiger partial charge in [0.15, 0.2) is 11.5 Å². The monoisotopic (exact) mass is 345 g/mol. The molecule has 0 saturated carbocycles. The van der Waals surface area contributed by atoms with E-state index in [0.29, 0.717) is 36.8 Å². The second-order valence-electron chi connectivity index (χ2n) is 6.22. The number of aliphatic hydroxyl groups is 1. The number of hydrogen-bond donors (Lipinski definition) is 1. The van der Waals surface area contributed by atoms with Crippen LogP contribution in [0.1, 0.15) is 17.4 Å². The molecule has 1 amide bonds. The zero-order valence-electron chi connectivity index (χ0n) is 14.5. The van der Waals surface area contributed by atoms with Crippen LogP contribution in [0, 0.1) is 0 Å². The number of aliphatic hydroxyl groups excluding tert-OH is 1. The van der Waals surface area contributed by atoms with Gasteiger partial charge in [0, 0.05) is 38.8 Å². The third-order valence-electron chi connectivity index (χ3n) is 4.28. The Morgan fingerprint density at radius 2 is 2.04 bits per heavy atom. The summed E-state index contributed by atoms with van der Waals surface area (Å²) in [7, 11) is 1.59. The van der Waals surface area contributed by atoms with Crippen molar-refractivity contribution >= 4 is 5.91 Å². The zero-order valence-corrected chi connectivity index (χ0v) is 14.5. The van der Waals surface area contributed by atoms with E-state index in [9.17, 15) is 9.90 Å². The van der Waals surface area contributed by atoms with Gasteiger partial charge in [-0.2, -0.15) is 0 Å². The van der Waals surface area contributed by atoms with E-state index in [1.807, 2.05) is 24.3 Å². The lowest BCUT2D eigenvalue weighted by Crippen LogP contribution is -2.50. The summed E-state index contributed by atoms with van der Waals surface area (Å²) in [6.07, 6.45) is -0.360. The number of nitrogens with zero attached hydrogens (tertiary/aromatic N) is 3. The molecule has 134 valence electrons. The van der Waals surface area contributed by atoms with Crippen molar-refractivity contribution in [1.29, 1.82) is 0 Å². The number of ether oxygens (including phenoxy) is 1. The van der Waals surface area contributed by atoms with Crippen LogP contribution in [0.4, 0.5) is 0 Å². The van der Waals surface area contributed by atoms with Crippen molar-refractivity contribution in [1.82, 2.24) is 15.0 Å². The fourth-order valence-corrected chi connectivity index (χ4v) is 3.02. The van der Waals surface area contributed by atoms with Gasteiger partial charge in [-0.15, -0.1) is 0 Å². The van der Waals surface area contributed by atoms with Gasteiger partial charge >= 0.3 is 0 Å². The molecule has 1 N–H and O–H groups in total. The first-order valence-corrected chi connectivity index (χ1v) is 8.38. The molecular formula is C18H23N3O4. The molecule has 2 aromatic rings. The van der Waals surface area contributed by atoms with Crippen LogP contribution >= 0.6 is 0 Å². The van der Waals surface area contributed by atoms with Crippen molar-refractivity contribution in [3.63, 3.8) is 0 Å². The minimum Gasteiger partial charge on any atom is -0.496 e. The highest BCUT2D eigenvalue weighted by Gasteiger charge is 2.25. The second-order valence-corrected chi connectivity index (χ2v) is 6.22. The van der Waals surface area contributed by atoms with E-state index < -0.39 is 0 Å². The van der Waals surface area contributed by atoms with E-state index >= 15 is 0 Å². The summed E-state index contributed by atoms with van der Waals surface area (Å²) < 4.78 is 10.7. The van der Waals surface area contributed by atoms with Crippen LogP contribution in [-0.4, -0.2) is 71.9 Å². The number of amides is 1. The predicted octanol–water partition coefficient (Wildman–Crippen LogP) is 1.49. The predicted molar refractivity (Wildman–Crippen MR) is 92.5 cm³/mol. The van der Waals surface area contributed by atoms with Crippen molar-refractivity contribution in [2.24, 2.45) is 0 Å². The highest BCUT2D eigenvalue weighted by molar-refractivity contribution is 5.93. The molecule has 0 unspecified atom stereocenters. The summed E-state index contributed by atoms with van der Waals surface area (Å²) in [6, 6.07) is 9.10. The van der Waals surface area contributed by atoms with Crippen LogP contribution in [0.15, 0.2) is 34.9 Å². The van der Waals surface area contributed by atoms with Gasteiger partial charge in [-0.1, -0.05) is 17.3 Å². The molecule has 1 aliphatic heterocycles. The Bertz CT molecular complexity index is 721. The molecular weight excluding hydrogens is 322 g/mol. The molecule has 7 nitrogen and oxygen atoms in total. The molecule has 1 fully saturated rings. The fourth-order valence-electron chi connectivity index (χ4n) is 3.02. The largest absolute Gasteiger partial charge is 0.496 e. The number of methoxy groups -OCH3 is 1. The maximum Gasteiger partial charge on any atom is 0.276 e. The van der Waals surface area contributed by atoms with Crippen molar-refractivity contribution in [3.8, 4) is 17.1 Å². The van der Waals surface area contributed by atoms with Gasteiger partial charge in [0.25, 0.3) is 5.91 Å². The number of β-amino-alcohol motifs (C(OH)–C–C–N with tert-alkyl or cyclic N) is 1. The number of carbonyl (C=O) groups excluding carboxylic acids is 1. The van der Waals surface area contributed by atoms with Crippen molar-refractivity contribution in [2.75, 3.05) is 39.8 Å². The summed E-state index contributed by atoms with van der Waals surface area (Å²) in [4.78, 5) is 16.5. The molecule has 3 rings (SSSR count). The topological polar surface area (TPSA) is 79.0 Å². The van der Waals surface area contributed by atoms with Gasteiger partial charge in [-0.3, -0.25) is 9.69 Å². The van der Waals surface area contributed by atoms with E-state index in [0.717, 1.165) is 18.7 Å². The van der Waals surface area contributed by atoms with Crippen LogP contribution in [0.3, 0.4) is 0 Å². The Kier molecular flexibility index (Phi) is 5.35. The van der Waals surface area contributed by atoms with Gasteiger partial charge in [0.2, 0.25) is 0 Å². The average molecular weight is 345 g/mol. The molecule has 1 saturated heterocycles. The standard InChI is InChI=1S/C18H23N3O4/c1-13(22)12-20-7-9-21(10-8-20)18(23)15-11-17(25-19-15)14-5-3-4-6-16(14)24-2/h3-6,11,13,22H,7-10,12H2,1-2H3/t13-/m1/s1. The van der Waals surface area contributed by atoms with Crippen molar-refractivity contribution in [2.45, 2.75) is 13.0 Å². The van der Waals surface area contributed by atoms with Crippen molar-refractivity contribution in [3.05, 3.63) is 36.0 Å². The summed E-state index contributed by atoms with van der Waals surface area (Å²) >= 11 is 0. The Morgan fingerprint density at radius 3 is 2.72 bits per heavy atom. The number of hydrogen-bond acceptors (Lipinski definition) is 6. The molecule has 7 heteroatoms. The molecule has 1 aromatic carbocycles. The molecule has 25 heavy (non-hydrogen) atoms. The van der Waals surface area contributed by atoms with E-state index in [2.05, 4.69) is 10.1 Å². The molecule has 0 aliphatic carbocycles. The van der Waals surface area contributed by atoms with Crippen LogP contribution in [0.25, 0.3) is 11.3 Å². The fraction of sp³-hybridized carbons (Fsp3) is 0.444. The van der Waals surface area contributed by atoms with Crippen LogP contribution in [0.2, 0.25) is 0 Å². The first kappa shape index (κ1) is 17.4. The molecule has 2 heterocycles. The first-order valence-electron chi connectivity index (χ1n) is 8.38. The minimum absolute atomic E-state index is 0.137. The third kappa shape index (κ3) is 4.00. The summed E-state index contributed by atoms with van der Waals surface area (Å²) in [5.41, 5.74) is 1.06. The molecule has 1 atom stereocenters. The normalized spacial score (nSPS) is 16.7. The maximum absolute atomic E-state index is 12.6. The number of aromatic nitrogens is 1. The van der Waals surface area contributed by atoms with E-state index in [-0.39, 0.29) is 12.0 Å². The number of rotatable bonds is 5. The molecule has 0 radical (unpaired) electrons. The lowest BCUT2D eigenvalue weighted by molar-refractivity contribution is 0.0546. The van der Waals surface area contributed by atoms with E-state index in [1.54, 1.807) is 25.0 Å². The third-order valence-corrected chi connectivity index (χ3v) is 4.28. The summed E-state index contributed by atoms with van der Waals surface area (Å²) in [6.45, 7) is 5.11. The van der Waals surface area contributed by atoms with Crippen molar-refractivity contribution < 1.29 is 19.2 Å². The Hall–Kier alpha value is -2.38. The lowest BCUT2D eigenvalue weighted by atomic mass is 10.1. The molecule has 1 aliphatic rings. The highest BCUT2D eigenvalue weighted by Crippen LogP contribution is 2.30. The van der Waals surface area contributed by atoms with Gasteiger partial charge in [-0.25, -0.2) is 0 Å². The Labute approximate surface area is 146 Å². The van der Waals surface area contributed by atoms with Crippen LogP contribution < -0.4 is 4.74 Å². The number of para-hydroxylation sites is 1. The van der Waals surface area contributed by atoms with E-state index in [4.69, 9.17) is 9.26 Å². The summed E-state index contributed by atoms with van der Waals surface area (Å²) in [5.74, 6) is 1.04. The number of carbonyl (C=O) groups is 1. The lowest BCUT2D eigenvalue weighted by Gasteiger charge is -2.34. The highest BCUT2D eigenvalue weighted by atomic mass is 16.5. The molecule has 0 spiro atoms. The summed E-state index contributed by atoms with van der Waals surface area (Å²) in [5, 5.41) is 13.4. The van der Waals surface area contributed by atoms with Crippen LogP contribution in [0.5, 0.6) is 5.75 Å². The Morgan fingerprint density at radius 1 is 1.32 bits per heavy atom. The van der Waals surface area contributed by atoms with Gasteiger partial charge in [0.1, 0.15) is 5.75 Å². The van der Waals surface area contributed by atoms with Gasteiger partial charge < -0.3 is 19.3 Å². The number of piperazine rings is 1. The van der Waals surface area contributed by atoms with Gasteiger partial charge in [-0.05, 0) is 19.1 Å². The quantitative estimate of drug-likeness (QED) is 0.884. The smallest absolute Gasteiger partial charge is 0.276 e. The molecule has 0 bridgehead atoms. The SMILES string of the molecule is COc1ccccc1-c1cc(C(=O)N2CCN(C[C@@H](C)O)CC2)no1. The second kappa shape index (κ2) is 7.67. The van der Waals surface area contributed by atoms with Crippen LogP contribution in [-0.2, 0) is 0 Å². The average Bonchev–Trinajstić information content (AvgIpc) is 3.11. The maximum atomic E-state index is 12.6. The molecule has 1 aromatic heterocycles. The first-order chi connectivity index (χ1) is 12.1. The zero-order chi connectivity index (χ0) is 17.8. The minimum atomic E-state index is -0.360.